The highest BCUT2D eigenvalue weighted by atomic mass is 16.5. The summed E-state index contributed by atoms with van der Waals surface area (Å²) >= 11 is 0. The average molecular weight is 418 g/mol. The van der Waals surface area contributed by atoms with Crippen molar-refractivity contribution in [2.75, 3.05) is 11.9 Å². The quantitative estimate of drug-likeness (QED) is 0.684. The van der Waals surface area contributed by atoms with Gasteiger partial charge in [-0.15, -0.1) is 0 Å². The maximum atomic E-state index is 12.7. The minimum absolute atomic E-state index is 0.0608. The average Bonchev–Trinajstić information content (AvgIpc) is 3.25. The Hall–Kier alpha value is -3.19. The molecule has 0 saturated carbocycles. The number of aromatic nitrogens is 2. The Morgan fingerprint density at radius 1 is 1.06 bits per heavy atom. The van der Waals surface area contributed by atoms with Gasteiger partial charge in [0.2, 0.25) is 5.82 Å². The van der Waals surface area contributed by atoms with E-state index in [2.05, 4.69) is 22.1 Å². The molecule has 2 N–H and O–H groups in total. The number of piperidine rings is 2. The van der Waals surface area contributed by atoms with Crippen LogP contribution in [0.25, 0.3) is 22.8 Å². The zero-order chi connectivity index (χ0) is 21.4. The number of carbonyl (C=O) groups is 1. The molecule has 0 spiro atoms. The van der Waals surface area contributed by atoms with E-state index in [9.17, 15) is 4.79 Å². The summed E-state index contributed by atoms with van der Waals surface area (Å²) in [6.07, 6.45) is 5.44. The van der Waals surface area contributed by atoms with Crippen molar-refractivity contribution in [3.8, 4) is 22.8 Å². The molecule has 2 aromatic carbocycles. The molecule has 2 aliphatic heterocycles. The van der Waals surface area contributed by atoms with Gasteiger partial charge in [0.15, 0.2) is 0 Å². The third kappa shape index (κ3) is 3.70. The molecule has 3 heterocycles. The van der Waals surface area contributed by atoms with E-state index >= 15 is 0 Å². The minimum atomic E-state index is -0.438. The van der Waals surface area contributed by atoms with Gasteiger partial charge in [-0.2, -0.15) is 4.98 Å². The lowest BCUT2D eigenvalue weighted by molar-refractivity contribution is 0.0564. The molecule has 2 amide bonds. The molecule has 2 atom stereocenters. The number of rotatable bonds is 4. The van der Waals surface area contributed by atoms with Gasteiger partial charge in [0.1, 0.15) is 0 Å². The van der Waals surface area contributed by atoms with Crippen molar-refractivity contribution in [3.63, 3.8) is 0 Å². The first-order chi connectivity index (χ1) is 15.1. The van der Waals surface area contributed by atoms with Crippen molar-refractivity contribution in [1.29, 1.82) is 0 Å². The highest BCUT2D eigenvalue weighted by Gasteiger charge is 2.40. The number of fused-ring (bicyclic) bond motifs is 2. The van der Waals surface area contributed by atoms with E-state index in [-0.39, 0.29) is 6.04 Å². The van der Waals surface area contributed by atoms with Crippen LogP contribution in [0.4, 0.5) is 10.5 Å². The molecule has 7 nitrogen and oxygen atoms in total. The Balaban J connectivity index is 1.50. The van der Waals surface area contributed by atoms with Crippen LogP contribution < -0.4 is 10.6 Å². The number of nitrogens with zero attached hydrogens (tertiary/aromatic N) is 4. The standard InChI is InChI=1S/C24H27N5O2/c1-28-17-10-7-11-18(28)15-19(14-17)29(24(25)30)21-13-6-5-12-20(21)22-26-23(31-27-22)16-8-3-2-4-9-16/h2-6,8-9,12-13,17-19H,7,10-11,14-15H2,1H3,(H2,25,30). The number of hydrogen-bond acceptors (Lipinski definition) is 5. The molecule has 2 fully saturated rings. The molecule has 0 aliphatic carbocycles. The van der Waals surface area contributed by atoms with Gasteiger partial charge >= 0.3 is 6.03 Å². The van der Waals surface area contributed by atoms with Crippen LogP contribution >= 0.6 is 0 Å². The smallest absolute Gasteiger partial charge is 0.319 e. The van der Waals surface area contributed by atoms with Gasteiger partial charge in [-0.1, -0.05) is 41.9 Å². The number of amides is 2. The van der Waals surface area contributed by atoms with E-state index < -0.39 is 6.03 Å². The van der Waals surface area contributed by atoms with Gasteiger partial charge in [-0.25, -0.2) is 4.79 Å². The fraction of sp³-hybridized carbons (Fsp3) is 0.375. The molecule has 5 rings (SSSR count). The molecule has 2 bridgehead atoms. The third-order valence-corrected chi connectivity index (χ3v) is 6.77. The summed E-state index contributed by atoms with van der Waals surface area (Å²) in [6.45, 7) is 0. The summed E-state index contributed by atoms with van der Waals surface area (Å²) in [7, 11) is 2.21. The summed E-state index contributed by atoms with van der Waals surface area (Å²) in [4.78, 5) is 21.5. The second kappa shape index (κ2) is 8.15. The first-order valence-corrected chi connectivity index (χ1v) is 10.9. The zero-order valence-corrected chi connectivity index (χ0v) is 17.6. The fourth-order valence-electron chi connectivity index (χ4n) is 5.20. The lowest BCUT2D eigenvalue weighted by atomic mass is 9.81. The third-order valence-electron chi connectivity index (χ3n) is 6.77. The van der Waals surface area contributed by atoms with Crippen molar-refractivity contribution in [1.82, 2.24) is 15.0 Å². The van der Waals surface area contributed by atoms with E-state index in [1.807, 2.05) is 54.6 Å². The van der Waals surface area contributed by atoms with E-state index in [1.54, 1.807) is 4.90 Å². The van der Waals surface area contributed by atoms with Gasteiger partial charge < -0.3 is 15.2 Å². The largest absolute Gasteiger partial charge is 0.351 e. The monoisotopic (exact) mass is 417 g/mol. The van der Waals surface area contributed by atoms with Gasteiger partial charge in [0, 0.05) is 29.3 Å². The Morgan fingerprint density at radius 2 is 1.74 bits per heavy atom. The Kier molecular flexibility index (Phi) is 5.19. The van der Waals surface area contributed by atoms with Gasteiger partial charge in [0.25, 0.3) is 5.89 Å². The molecule has 3 aromatic rings. The second-order valence-electron chi connectivity index (χ2n) is 8.54. The van der Waals surface area contributed by atoms with Crippen molar-refractivity contribution in [2.24, 2.45) is 5.73 Å². The zero-order valence-electron chi connectivity index (χ0n) is 17.6. The Morgan fingerprint density at radius 3 is 2.45 bits per heavy atom. The fourth-order valence-corrected chi connectivity index (χ4v) is 5.20. The lowest BCUT2D eigenvalue weighted by Crippen LogP contribution is -2.57. The number of hydrogen-bond donors (Lipinski definition) is 1. The van der Waals surface area contributed by atoms with E-state index in [4.69, 9.17) is 10.3 Å². The number of anilines is 1. The maximum absolute atomic E-state index is 12.7. The number of urea groups is 1. The molecule has 7 heteroatoms. The minimum Gasteiger partial charge on any atom is -0.351 e. The summed E-state index contributed by atoms with van der Waals surface area (Å²) in [5, 5.41) is 4.21. The van der Waals surface area contributed by atoms with Crippen LogP contribution in [0, 0.1) is 0 Å². The predicted molar refractivity (Wildman–Crippen MR) is 119 cm³/mol. The highest BCUT2D eigenvalue weighted by molar-refractivity contribution is 5.95. The van der Waals surface area contributed by atoms with E-state index in [0.29, 0.717) is 23.8 Å². The topological polar surface area (TPSA) is 88.5 Å². The molecule has 2 unspecified atom stereocenters. The van der Waals surface area contributed by atoms with Crippen LogP contribution in [0.1, 0.15) is 32.1 Å². The summed E-state index contributed by atoms with van der Waals surface area (Å²) < 4.78 is 5.52. The highest BCUT2D eigenvalue weighted by Crippen LogP contribution is 2.39. The first-order valence-electron chi connectivity index (χ1n) is 10.9. The molecular formula is C24H27N5O2. The normalized spacial score (nSPS) is 23.5. The molecule has 31 heavy (non-hydrogen) atoms. The van der Waals surface area contributed by atoms with Crippen LogP contribution in [0.15, 0.2) is 59.1 Å². The number of para-hydroxylation sites is 1. The number of primary amides is 1. The first kappa shape index (κ1) is 19.8. The summed E-state index contributed by atoms with van der Waals surface area (Å²) in [5.41, 5.74) is 8.28. The molecular weight excluding hydrogens is 390 g/mol. The van der Waals surface area contributed by atoms with Crippen LogP contribution in [0.5, 0.6) is 0 Å². The molecule has 160 valence electrons. The Labute approximate surface area is 181 Å². The molecule has 1 aromatic heterocycles. The Bertz CT molecular complexity index is 1050. The van der Waals surface area contributed by atoms with E-state index in [0.717, 1.165) is 29.7 Å². The molecule has 0 radical (unpaired) electrons. The molecule has 2 saturated heterocycles. The number of benzene rings is 2. The summed E-state index contributed by atoms with van der Waals surface area (Å²) in [5.74, 6) is 0.902. The van der Waals surface area contributed by atoms with Crippen LogP contribution in [-0.2, 0) is 0 Å². The van der Waals surface area contributed by atoms with Crippen LogP contribution in [0.3, 0.4) is 0 Å². The van der Waals surface area contributed by atoms with E-state index in [1.165, 1.54) is 19.3 Å². The summed E-state index contributed by atoms with van der Waals surface area (Å²) in [6, 6.07) is 17.9. The van der Waals surface area contributed by atoms with Gasteiger partial charge in [-0.05, 0) is 57.0 Å². The van der Waals surface area contributed by atoms with Gasteiger partial charge in [0.05, 0.1) is 5.69 Å². The second-order valence-corrected chi connectivity index (χ2v) is 8.54. The SMILES string of the molecule is CN1C2CCCC1CC(N(C(N)=O)c1ccccc1-c1noc(-c3ccccc3)n1)C2. The lowest BCUT2D eigenvalue weighted by Gasteiger charge is -2.49. The van der Waals surface area contributed by atoms with Crippen molar-refractivity contribution < 1.29 is 9.32 Å². The number of nitrogens with two attached hydrogens (primary N) is 1. The van der Waals surface area contributed by atoms with Crippen LogP contribution in [0.2, 0.25) is 0 Å². The van der Waals surface area contributed by atoms with Crippen LogP contribution in [-0.4, -0.2) is 46.2 Å². The molecule has 2 aliphatic rings. The maximum Gasteiger partial charge on any atom is 0.319 e. The number of carbonyl (C=O) groups excluding carboxylic acids is 1. The predicted octanol–water partition coefficient (Wildman–Crippen LogP) is 4.30. The van der Waals surface area contributed by atoms with Crippen molar-refractivity contribution >= 4 is 11.7 Å². The van der Waals surface area contributed by atoms with Gasteiger partial charge in [-0.3, -0.25) is 4.90 Å². The van der Waals surface area contributed by atoms with Crippen molar-refractivity contribution in [2.45, 2.75) is 50.2 Å². The van der Waals surface area contributed by atoms with Crippen molar-refractivity contribution in [3.05, 3.63) is 54.6 Å².